The van der Waals surface area contributed by atoms with Crippen LogP contribution in [0.15, 0.2) is 40.8 Å². The van der Waals surface area contributed by atoms with Gasteiger partial charge >= 0.3 is 0 Å². The van der Waals surface area contributed by atoms with Crippen molar-refractivity contribution in [1.82, 2.24) is 5.32 Å². The molecule has 26 heavy (non-hydrogen) atoms. The summed E-state index contributed by atoms with van der Waals surface area (Å²) in [6.07, 6.45) is 8.67. The van der Waals surface area contributed by atoms with Crippen molar-refractivity contribution in [3.63, 3.8) is 0 Å². The Morgan fingerprint density at radius 1 is 1.04 bits per heavy atom. The zero-order chi connectivity index (χ0) is 17.7. The van der Waals surface area contributed by atoms with Crippen LogP contribution in [0.3, 0.4) is 0 Å². The van der Waals surface area contributed by atoms with E-state index in [4.69, 9.17) is 4.42 Å². The van der Waals surface area contributed by atoms with Crippen LogP contribution < -0.4 is 5.32 Å². The van der Waals surface area contributed by atoms with Crippen molar-refractivity contribution in [1.29, 1.82) is 0 Å². The molecule has 3 heteroatoms. The van der Waals surface area contributed by atoms with Crippen molar-refractivity contribution in [3.05, 3.63) is 48.0 Å². The minimum atomic E-state index is -0.233. The molecule has 0 aliphatic heterocycles. The van der Waals surface area contributed by atoms with E-state index in [9.17, 15) is 4.39 Å². The number of hydrogen-bond acceptors (Lipinski definition) is 2. The first kappa shape index (κ1) is 16.6. The van der Waals surface area contributed by atoms with E-state index in [0.29, 0.717) is 22.8 Å². The molecule has 4 aliphatic carbocycles. The molecule has 1 heterocycles. The third kappa shape index (κ3) is 2.81. The normalized spacial score (nSPS) is 33.5. The zero-order valence-electron chi connectivity index (χ0n) is 15.5. The fourth-order valence-electron chi connectivity index (χ4n) is 6.46. The van der Waals surface area contributed by atoms with Crippen LogP contribution in [-0.2, 0) is 6.54 Å². The molecule has 6 rings (SSSR count). The maximum Gasteiger partial charge on any atom is 0.137 e. The summed E-state index contributed by atoms with van der Waals surface area (Å²) in [5, 5.41) is 3.75. The lowest BCUT2D eigenvalue weighted by atomic mass is 9.48. The Bertz CT molecular complexity index is 760. The van der Waals surface area contributed by atoms with Gasteiger partial charge in [0.05, 0.1) is 12.1 Å². The van der Waals surface area contributed by atoms with E-state index in [2.05, 4.69) is 12.2 Å². The highest BCUT2D eigenvalue weighted by Gasteiger charge is 2.52. The highest BCUT2D eigenvalue weighted by Crippen LogP contribution is 2.61. The quantitative estimate of drug-likeness (QED) is 0.737. The monoisotopic (exact) mass is 353 g/mol. The van der Waals surface area contributed by atoms with E-state index >= 15 is 0 Å². The van der Waals surface area contributed by atoms with Crippen LogP contribution in [0, 0.1) is 29.0 Å². The van der Waals surface area contributed by atoms with Crippen LogP contribution in [0.5, 0.6) is 0 Å². The Labute approximate surface area is 155 Å². The summed E-state index contributed by atoms with van der Waals surface area (Å²) in [7, 11) is 0. The number of furan rings is 1. The average molecular weight is 353 g/mol. The highest BCUT2D eigenvalue weighted by atomic mass is 19.1. The summed E-state index contributed by atoms with van der Waals surface area (Å²) in [5.41, 5.74) is 1.03. The van der Waals surface area contributed by atoms with Gasteiger partial charge in [-0.3, -0.25) is 0 Å². The number of halogens is 1. The van der Waals surface area contributed by atoms with E-state index in [1.165, 1.54) is 44.6 Å². The molecule has 138 valence electrons. The van der Waals surface area contributed by atoms with E-state index < -0.39 is 0 Å². The SMILES string of the molecule is C[C@@H](NCc1ccc(-c2ccccc2F)o1)C12CC3CC(CC(C3)C1)C2. The number of nitrogens with one attached hydrogen (secondary N) is 1. The number of hydrogen-bond donors (Lipinski definition) is 1. The third-order valence-corrected chi connectivity index (χ3v) is 7.39. The van der Waals surface area contributed by atoms with Crippen molar-refractivity contribution in [2.75, 3.05) is 0 Å². The van der Waals surface area contributed by atoms with Crippen LogP contribution >= 0.6 is 0 Å². The maximum absolute atomic E-state index is 13.9. The first-order valence-electron chi connectivity index (χ1n) is 10.2. The van der Waals surface area contributed by atoms with Crippen molar-refractivity contribution in [3.8, 4) is 11.3 Å². The fourth-order valence-corrected chi connectivity index (χ4v) is 6.46. The van der Waals surface area contributed by atoms with Crippen molar-refractivity contribution >= 4 is 0 Å². The molecule has 0 saturated heterocycles. The van der Waals surface area contributed by atoms with Crippen LogP contribution in [-0.4, -0.2) is 6.04 Å². The minimum absolute atomic E-state index is 0.233. The number of rotatable bonds is 5. The van der Waals surface area contributed by atoms with E-state index in [1.807, 2.05) is 18.2 Å². The Hall–Kier alpha value is -1.61. The Balaban J connectivity index is 1.26. The molecular formula is C23H28FNO. The Morgan fingerprint density at radius 2 is 1.69 bits per heavy atom. The molecule has 2 nitrogen and oxygen atoms in total. The van der Waals surface area contributed by atoms with Crippen molar-refractivity contribution in [2.24, 2.45) is 23.2 Å². The molecule has 0 radical (unpaired) electrons. The average Bonchev–Trinajstić information content (AvgIpc) is 3.07. The topological polar surface area (TPSA) is 25.2 Å². The molecule has 1 aromatic carbocycles. The zero-order valence-corrected chi connectivity index (χ0v) is 15.5. The molecule has 0 amide bonds. The third-order valence-electron chi connectivity index (χ3n) is 7.39. The summed E-state index contributed by atoms with van der Waals surface area (Å²) in [6.45, 7) is 3.09. The lowest BCUT2D eigenvalue weighted by Gasteiger charge is -2.59. The molecule has 2 aromatic rings. The van der Waals surface area contributed by atoms with Gasteiger partial charge in [-0.15, -0.1) is 0 Å². The van der Waals surface area contributed by atoms with Gasteiger partial charge in [-0.05, 0) is 92.9 Å². The molecule has 0 spiro atoms. The molecule has 4 saturated carbocycles. The second-order valence-electron chi connectivity index (χ2n) is 9.13. The van der Waals surface area contributed by atoms with Gasteiger partial charge in [0.2, 0.25) is 0 Å². The molecule has 4 aliphatic rings. The number of benzene rings is 1. The Kier molecular flexibility index (Phi) is 3.97. The largest absolute Gasteiger partial charge is 0.460 e. The molecule has 1 N–H and O–H groups in total. The smallest absolute Gasteiger partial charge is 0.137 e. The van der Waals surface area contributed by atoms with Gasteiger partial charge in [-0.1, -0.05) is 12.1 Å². The fraction of sp³-hybridized carbons (Fsp3) is 0.565. The second-order valence-corrected chi connectivity index (χ2v) is 9.13. The summed E-state index contributed by atoms with van der Waals surface area (Å²) >= 11 is 0. The van der Waals surface area contributed by atoms with Gasteiger partial charge in [-0.2, -0.15) is 0 Å². The first-order valence-corrected chi connectivity index (χ1v) is 10.2. The van der Waals surface area contributed by atoms with E-state index in [-0.39, 0.29) is 5.82 Å². The van der Waals surface area contributed by atoms with Gasteiger partial charge in [-0.25, -0.2) is 4.39 Å². The van der Waals surface area contributed by atoms with Crippen LogP contribution in [0.4, 0.5) is 4.39 Å². The van der Waals surface area contributed by atoms with Gasteiger partial charge < -0.3 is 9.73 Å². The molecule has 1 aromatic heterocycles. The maximum atomic E-state index is 13.9. The van der Waals surface area contributed by atoms with Gasteiger partial charge in [0.15, 0.2) is 0 Å². The second kappa shape index (κ2) is 6.23. The lowest BCUT2D eigenvalue weighted by molar-refractivity contribution is -0.0708. The standard InChI is InChI=1S/C23H28FNO/c1-15(23-11-16-8-17(12-23)10-18(9-16)13-23)25-14-19-6-7-22(26-19)20-4-2-3-5-21(20)24/h2-7,15-18,25H,8-14H2,1H3/t15-,16?,17?,18?,23?/m1/s1. The summed E-state index contributed by atoms with van der Waals surface area (Å²) in [4.78, 5) is 0. The van der Waals surface area contributed by atoms with E-state index in [0.717, 1.165) is 30.1 Å². The van der Waals surface area contributed by atoms with Gasteiger partial charge in [0.1, 0.15) is 17.3 Å². The molecule has 4 fully saturated rings. The predicted molar refractivity (Wildman–Crippen MR) is 101 cm³/mol. The van der Waals surface area contributed by atoms with Crippen molar-refractivity contribution < 1.29 is 8.81 Å². The summed E-state index contributed by atoms with van der Waals surface area (Å²) < 4.78 is 19.9. The summed E-state index contributed by atoms with van der Waals surface area (Å²) in [5.74, 6) is 4.19. The summed E-state index contributed by atoms with van der Waals surface area (Å²) in [6, 6.07) is 11.2. The highest BCUT2D eigenvalue weighted by molar-refractivity contribution is 5.58. The van der Waals surface area contributed by atoms with Crippen LogP contribution in [0.25, 0.3) is 11.3 Å². The van der Waals surface area contributed by atoms with Gasteiger partial charge in [0, 0.05) is 6.04 Å². The predicted octanol–water partition coefficient (Wildman–Crippen LogP) is 5.78. The first-order chi connectivity index (χ1) is 12.6. The Morgan fingerprint density at radius 3 is 2.35 bits per heavy atom. The van der Waals surface area contributed by atoms with Crippen LogP contribution in [0.1, 0.15) is 51.2 Å². The minimum Gasteiger partial charge on any atom is -0.460 e. The van der Waals surface area contributed by atoms with Crippen LogP contribution in [0.2, 0.25) is 0 Å². The molecule has 4 bridgehead atoms. The molecule has 0 unspecified atom stereocenters. The van der Waals surface area contributed by atoms with Crippen molar-refractivity contribution in [2.45, 2.75) is 58.0 Å². The molecular weight excluding hydrogens is 325 g/mol. The van der Waals surface area contributed by atoms with E-state index in [1.54, 1.807) is 12.1 Å². The molecule has 1 atom stereocenters. The lowest BCUT2D eigenvalue weighted by Crippen LogP contribution is -2.54. The van der Waals surface area contributed by atoms with Gasteiger partial charge in [0.25, 0.3) is 0 Å².